The smallest absolute Gasteiger partial charge is 0.261 e. The van der Waals surface area contributed by atoms with Gasteiger partial charge in [0.2, 0.25) is 5.91 Å². The first-order valence-electron chi connectivity index (χ1n) is 9.70. The van der Waals surface area contributed by atoms with E-state index in [1.54, 1.807) is 69.7 Å². The highest BCUT2D eigenvalue weighted by molar-refractivity contribution is 8.00. The SMILES string of the molecule is COc1ccc(S[C@@H](C)C(=O)Nc2ccc(S(=O)(=O)Nc3ccccc3)cc2)cc1OC. The number of methoxy groups -OCH3 is 2. The highest BCUT2D eigenvalue weighted by Crippen LogP contribution is 2.33. The summed E-state index contributed by atoms with van der Waals surface area (Å²) in [6.07, 6.45) is 0. The maximum atomic E-state index is 12.6. The molecule has 0 saturated heterocycles. The van der Waals surface area contributed by atoms with E-state index in [1.165, 1.54) is 23.9 Å². The van der Waals surface area contributed by atoms with Gasteiger partial charge in [-0.3, -0.25) is 9.52 Å². The van der Waals surface area contributed by atoms with E-state index in [-0.39, 0.29) is 10.8 Å². The van der Waals surface area contributed by atoms with Crippen LogP contribution in [0.4, 0.5) is 11.4 Å². The van der Waals surface area contributed by atoms with E-state index in [9.17, 15) is 13.2 Å². The molecule has 0 radical (unpaired) electrons. The average Bonchev–Trinajstić information content (AvgIpc) is 2.79. The Bertz CT molecular complexity index is 1170. The lowest BCUT2D eigenvalue weighted by atomic mass is 10.3. The highest BCUT2D eigenvalue weighted by atomic mass is 32.2. The van der Waals surface area contributed by atoms with Crippen LogP contribution in [0.25, 0.3) is 0 Å². The minimum atomic E-state index is -3.72. The number of hydrogen-bond acceptors (Lipinski definition) is 6. The molecule has 0 fully saturated rings. The van der Waals surface area contributed by atoms with Gasteiger partial charge in [-0.2, -0.15) is 0 Å². The Balaban J connectivity index is 1.63. The Hall–Kier alpha value is -3.17. The number of amides is 1. The van der Waals surface area contributed by atoms with E-state index >= 15 is 0 Å². The molecule has 9 heteroatoms. The Morgan fingerprint density at radius 3 is 2.16 bits per heavy atom. The zero-order chi connectivity index (χ0) is 23.1. The molecule has 0 bridgehead atoms. The lowest BCUT2D eigenvalue weighted by Crippen LogP contribution is -2.22. The van der Waals surface area contributed by atoms with Crippen molar-refractivity contribution in [2.24, 2.45) is 0 Å². The minimum absolute atomic E-state index is 0.104. The lowest BCUT2D eigenvalue weighted by Gasteiger charge is -2.14. The highest BCUT2D eigenvalue weighted by Gasteiger charge is 2.17. The molecule has 7 nitrogen and oxygen atoms in total. The summed E-state index contributed by atoms with van der Waals surface area (Å²) in [7, 11) is -0.595. The number of para-hydroxylation sites is 1. The third-order valence-corrected chi connectivity index (χ3v) is 6.99. The van der Waals surface area contributed by atoms with E-state index in [0.717, 1.165) is 4.90 Å². The molecule has 3 aromatic carbocycles. The summed E-state index contributed by atoms with van der Waals surface area (Å²) in [6.45, 7) is 1.79. The van der Waals surface area contributed by atoms with E-state index in [0.29, 0.717) is 22.9 Å². The average molecular weight is 473 g/mol. The van der Waals surface area contributed by atoms with Gasteiger partial charge in [-0.1, -0.05) is 18.2 Å². The second-order valence-electron chi connectivity index (χ2n) is 6.76. The summed E-state index contributed by atoms with van der Waals surface area (Å²) in [5.74, 6) is 1.000. The quantitative estimate of drug-likeness (QED) is 0.441. The van der Waals surface area contributed by atoms with Crippen LogP contribution in [0.1, 0.15) is 6.92 Å². The number of rotatable bonds is 9. The standard InChI is InChI=1S/C23H24N2O5S2/c1-16(31-19-11-14-21(29-2)22(15-19)30-3)23(26)24-17-9-12-20(13-10-17)32(27,28)25-18-7-5-4-6-8-18/h4-16,25H,1-3H3,(H,24,26)/t16-/m0/s1. The van der Waals surface area contributed by atoms with Crippen molar-refractivity contribution in [1.82, 2.24) is 0 Å². The first-order chi connectivity index (χ1) is 15.3. The molecule has 0 unspecified atom stereocenters. The van der Waals surface area contributed by atoms with Crippen LogP contribution >= 0.6 is 11.8 Å². The van der Waals surface area contributed by atoms with Crippen LogP contribution in [-0.4, -0.2) is 33.8 Å². The summed E-state index contributed by atoms with van der Waals surface area (Å²) in [5, 5.41) is 2.42. The van der Waals surface area contributed by atoms with Gasteiger partial charge < -0.3 is 14.8 Å². The summed E-state index contributed by atoms with van der Waals surface area (Å²) in [4.78, 5) is 13.6. The van der Waals surface area contributed by atoms with E-state index in [1.807, 2.05) is 12.1 Å². The third-order valence-electron chi connectivity index (χ3n) is 4.50. The Morgan fingerprint density at radius 1 is 0.875 bits per heavy atom. The van der Waals surface area contributed by atoms with E-state index < -0.39 is 15.3 Å². The van der Waals surface area contributed by atoms with Gasteiger partial charge in [0, 0.05) is 16.3 Å². The maximum Gasteiger partial charge on any atom is 0.261 e. The fourth-order valence-corrected chi connectivity index (χ4v) is 4.78. The molecule has 0 saturated carbocycles. The molecule has 168 valence electrons. The second-order valence-corrected chi connectivity index (χ2v) is 9.86. The predicted octanol–water partition coefficient (Wildman–Crippen LogP) is 4.62. The number of nitrogens with one attached hydrogen (secondary N) is 2. The van der Waals surface area contributed by atoms with Crippen molar-refractivity contribution in [2.75, 3.05) is 24.3 Å². The molecular formula is C23H24N2O5S2. The number of ether oxygens (including phenoxy) is 2. The molecule has 1 amide bonds. The number of thioether (sulfide) groups is 1. The van der Waals surface area contributed by atoms with Gasteiger partial charge in [-0.25, -0.2) is 8.42 Å². The van der Waals surface area contributed by atoms with Crippen LogP contribution in [0.2, 0.25) is 0 Å². The fourth-order valence-electron chi connectivity index (χ4n) is 2.83. The zero-order valence-corrected chi connectivity index (χ0v) is 19.5. The Labute approximate surface area is 192 Å². The number of hydrogen-bond donors (Lipinski definition) is 2. The lowest BCUT2D eigenvalue weighted by molar-refractivity contribution is -0.115. The summed E-state index contributed by atoms with van der Waals surface area (Å²) >= 11 is 1.37. The van der Waals surface area contributed by atoms with Crippen molar-refractivity contribution in [3.63, 3.8) is 0 Å². The number of anilines is 2. The molecule has 0 heterocycles. The van der Waals surface area contributed by atoms with E-state index in [4.69, 9.17) is 9.47 Å². The van der Waals surface area contributed by atoms with Crippen molar-refractivity contribution in [1.29, 1.82) is 0 Å². The Morgan fingerprint density at radius 2 is 1.53 bits per heavy atom. The van der Waals surface area contributed by atoms with Gasteiger partial charge in [-0.05, 0) is 61.5 Å². The summed E-state index contributed by atoms with van der Waals surface area (Å²) in [5.41, 5.74) is 0.985. The predicted molar refractivity (Wildman–Crippen MR) is 127 cm³/mol. The normalized spacial score (nSPS) is 12.0. The molecule has 0 aliphatic rings. The topological polar surface area (TPSA) is 93.7 Å². The van der Waals surface area contributed by atoms with Crippen molar-refractivity contribution >= 4 is 39.1 Å². The van der Waals surface area contributed by atoms with Crippen LogP contribution in [0.5, 0.6) is 11.5 Å². The van der Waals surface area contributed by atoms with Crippen LogP contribution in [0.15, 0.2) is 82.6 Å². The summed E-state index contributed by atoms with van der Waals surface area (Å²) in [6, 6.07) is 20.1. The number of carbonyl (C=O) groups is 1. The molecule has 0 spiro atoms. The van der Waals surface area contributed by atoms with Gasteiger partial charge >= 0.3 is 0 Å². The van der Waals surface area contributed by atoms with Crippen molar-refractivity contribution in [2.45, 2.75) is 22.0 Å². The monoisotopic (exact) mass is 472 g/mol. The van der Waals surface area contributed by atoms with E-state index in [2.05, 4.69) is 10.0 Å². The fraction of sp³-hybridized carbons (Fsp3) is 0.174. The molecule has 3 rings (SSSR count). The summed E-state index contributed by atoms with van der Waals surface area (Å²) < 4.78 is 38.1. The van der Waals surface area contributed by atoms with Gasteiger partial charge in [0.05, 0.1) is 24.4 Å². The first kappa shape index (κ1) is 23.5. The van der Waals surface area contributed by atoms with Gasteiger partial charge in [-0.15, -0.1) is 11.8 Å². The van der Waals surface area contributed by atoms with Gasteiger partial charge in [0.25, 0.3) is 10.0 Å². The number of benzene rings is 3. The minimum Gasteiger partial charge on any atom is -0.493 e. The molecule has 3 aromatic rings. The van der Waals surface area contributed by atoms with Crippen LogP contribution in [0, 0.1) is 0 Å². The molecule has 0 aliphatic carbocycles. The third kappa shape index (κ3) is 5.95. The van der Waals surface area contributed by atoms with Crippen LogP contribution in [0.3, 0.4) is 0 Å². The Kier molecular flexibility index (Phi) is 7.66. The molecule has 32 heavy (non-hydrogen) atoms. The second kappa shape index (κ2) is 10.4. The zero-order valence-electron chi connectivity index (χ0n) is 17.9. The largest absolute Gasteiger partial charge is 0.493 e. The number of carbonyl (C=O) groups excluding carboxylic acids is 1. The number of sulfonamides is 1. The van der Waals surface area contributed by atoms with Crippen molar-refractivity contribution in [3.8, 4) is 11.5 Å². The molecule has 0 aromatic heterocycles. The first-order valence-corrected chi connectivity index (χ1v) is 12.1. The molecule has 0 aliphatic heterocycles. The van der Waals surface area contributed by atoms with Gasteiger partial charge in [0.1, 0.15) is 0 Å². The molecule has 1 atom stereocenters. The van der Waals surface area contributed by atoms with Crippen molar-refractivity contribution < 1.29 is 22.7 Å². The van der Waals surface area contributed by atoms with Crippen LogP contribution in [-0.2, 0) is 14.8 Å². The molecular weight excluding hydrogens is 448 g/mol. The van der Waals surface area contributed by atoms with Crippen molar-refractivity contribution in [3.05, 3.63) is 72.8 Å². The molecule has 2 N–H and O–H groups in total. The van der Waals surface area contributed by atoms with Crippen LogP contribution < -0.4 is 19.5 Å². The van der Waals surface area contributed by atoms with Gasteiger partial charge in [0.15, 0.2) is 11.5 Å². The maximum absolute atomic E-state index is 12.6.